The normalized spacial score (nSPS) is 11.3. The number of hydrogen-bond donors (Lipinski definition) is 1. The molecule has 0 bridgehead atoms. The molecular formula is C15H20O. The second-order valence-electron chi connectivity index (χ2n) is 4.41. The Bertz CT molecular complexity index is 396. The predicted molar refractivity (Wildman–Crippen MR) is 70.4 cm³/mol. The molecule has 1 N–H and O–H groups in total. The Balaban J connectivity index is 2.59. The van der Waals surface area contributed by atoms with Gasteiger partial charge in [0, 0.05) is 0 Å². The highest BCUT2D eigenvalue weighted by Gasteiger charge is 1.93. The largest absolute Gasteiger partial charge is 0.508 e. The average molecular weight is 216 g/mol. The molecule has 1 rings (SSSR count). The highest BCUT2D eigenvalue weighted by Crippen LogP contribution is 2.16. The molecule has 0 aliphatic heterocycles. The van der Waals surface area contributed by atoms with E-state index in [-0.39, 0.29) is 0 Å². The van der Waals surface area contributed by atoms with Crippen LogP contribution in [0.4, 0.5) is 0 Å². The van der Waals surface area contributed by atoms with Crippen LogP contribution in [0.15, 0.2) is 41.5 Å². The predicted octanol–water partition coefficient (Wildman–Crippen LogP) is 4.54. The molecule has 16 heavy (non-hydrogen) atoms. The Hall–Kier alpha value is -1.50. The highest BCUT2D eigenvalue weighted by atomic mass is 16.3. The number of phenols is 1. The summed E-state index contributed by atoms with van der Waals surface area (Å²) in [6, 6.07) is 7.34. The zero-order valence-electron chi connectivity index (χ0n) is 10.3. The summed E-state index contributed by atoms with van der Waals surface area (Å²) in [6.07, 6.45) is 6.53. The summed E-state index contributed by atoms with van der Waals surface area (Å²) in [4.78, 5) is 0. The van der Waals surface area contributed by atoms with Crippen molar-refractivity contribution in [2.45, 2.75) is 33.6 Å². The van der Waals surface area contributed by atoms with Crippen LogP contribution in [0.25, 0.3) is 6.08 Å². The van der Waals surface area contributed by atoms with Gasteiger partial charge in [-0.2, -0.15) is 0 Å². The molecule has 0 aliphatic carbocycles. The highest BCUT2D eigenvalue weighted by molar-refractivity contribution is 5.54. The van der Waals surface area contributed by atoms with E-state index >= 15 is 0 Å². The molecule has 1 aromatic carbocycles. The first-order chi connectivity index (χ1) is 7.58. The van der Waals surface area contributed by atoms with Crippen molar-refractivity contribution in [3.05, 3.63) is 47.1 Å². The van der Waals surface area contributed by atoms with Crippen molar-refractivity contribution in [2.24, 2.45) is 0 Å². The summed E-state index contributed by atoms with van der Waals surface area (Å²) in [5, 5.41) is 9.34. The van der Waals surface area contributed by atoms with E-state index in [4.69, 9.17) is 0 Å². The number of rotatable bonds is 4. The summed E-state index contributed by atoms with van der Waals surface area (Å²) in [5.41, 5.74) is 3.77. The Morgan fingerprint density at radius 3 is 2.62 bits per heavy atom. The molecule has 0 saturated carbocycles. The standard InChI is InChI=1S/C15H20O/c1-12(2)6-4-7-13(3)10-14-8-5-9-15(16)11-14/h5-6,8-11,16H,4,7H2,1-3H3/b13-10-. The lowest BCUT2D eigenvalue weighted by atomic mass is 10.1. The number of allylic oxidation sites excluding steroid dienone is 3. The van der Waals surface area contributed by atoms with Gasteiger partial charge in [0.05, 0.1) is 0 Å². The van der Waals surface area contributed by atoms with Gasteiger partial charge in [-0.1, -0.05) is 35.4 Å². The van der Waals surface area contributed by atoms with Crippen LogP contribution in [-0.2, 0) is 0 Å². The zero-order chi connectivity index (χ0) is 12.0. The van der Waals surface area contributed by atoms with Gasteiger partial charge in [0.15, 0.2) is 0 Å². The molecule has 0 aliphatic rings. The van der Waals surface area contributed by atoms with Gasteiger partial charge in [-0.05, 0) is 51.3 Å². The molecule has 0 heterocycles. The van der Waals surface area contributed by atoms with Gasteiger partial charge in [0.25, 0.3) is 0 Å². The fourth-order valence-corrected chi connectivity index (χ4v) is 1.56. The van der Waals surface area contributed by atoms with Crippen LogP contribution < -0.4 is 0 Å². The molecule has 0 aromatic heterocycles. The van der Waals surface area contributed by atoms with Crippen molar-refractivity contribution in [3.8, 4) is 5.75 Å². The molecule has 1 heteroatoms. The van der Waals surface area contributed by atoms with Gasteiger partial charge < -0.3 is 5.11 Å². The van der Waals surface area contributed by atoms with Crippen LogP contribution in [0.1, 0.15) is 39.2 Å². The molecule has 0 radical (unpaired) electrons. The number of hydrogen-bond acceptors (Lipinski definition) is 1. The van der Waals surface area contributed by atoms with Crippen LogP contribution >= 0.6 is 0 Å². The van der Waals surface area contributed by atoms with E-state index in [1.165, 1.54) is 11.1 Å². The minimum absolute atomic E-state index is 0.325. The first-order valence-corrected chi connectivity index (χ1v) is 5.67. The summed E-state index contributed by atoms with van der Waals surface area (Å²) in [7, 11) is 0. The molecular weight excluding hydrogens is 196 g/mol. The van der Waals surface area contributed by atoms with Crippen molar-refractivity contribution in [2.75, 3.05) is 0 Å². The lowest BCUT2D eigenvalue weighted by molar-refractivity contribution is 0.475. The van der Waals surface area contributed by atoms with Gasteiger partial charge in [0.1, 0.15) is 5.75 Å². The van der Waals surface area contributed by atoms with Crippen LogP contribution in [0, 0.1) is 0 Å². The second kappa shape index (κ2) is 6.16. The minimum atomic E-state index is 0.325. The molecule has 0 spiro atoms. The van der Waals surface area contributed by atoms with E-state index in [1.54, 1.807) is 12.1 Å². The smallest absolute Gasteiger partial charge is 0.116 e. The van der Waals surface area contributed by atoms with Crippen LogP contribution in [0.3, 0.4) is 0 Å². The molecule has 0 fully saturated rings. The summed E-state index contributed by atoms with van der Waals surface area (Å²) in [6.45, 7) is 6.37. The molecule has 0 unspecified atom stereocenters. The maximum absolute atomic E-state index is 9.34. The first-order valence-electron chi connectivity index (χ1n) is 5.67. The van der Waals surface area contributed by atoms with Gasteiger partial charge in [-0.3, -0.25) is 0 Å². The van der Waals surface area contributed by atoms with Crippen molar-refractivity contribution >= 4 is 6.08 Å². The van der Waals surface area contributed by atoms with Gasteiger partial charge in [-0.15, -0.1) is 0 Å². The van der Waals surface area contributed by atoms with Gasteiger partial charge in [-0.25, -0.2) is 0 Å². The van der Waals surface area contributed by atoms with E-state index in [1.807, 2.05) is 12.1 Å². The fourth-order valence-electron chi connectivity index (χ4n) is 1.56. The fraction of sp³-hybridized carbons (Fsp3) is 0.333. The Labute approximate surface area is 98.1 Å². The third-order valence-corrected chi connectivity index (χ3v) is 2.37. The third kappa shape index (κ3) is 4.83. The Morgan fingerprint density at radius 1 is 1.25 bits per heavy atom. The van der Waals surface area contributed by atoms with Crippen LogP contribution in [-0.4, -0.2) is 5.11 Å². The van der Waals surface area contributed by atoms with Crippen LogP contribution in [0.2, 0.25) is 0 Å². The monoisotopic (exact) mass is 216 g/mol. The van der Waals surface area contributed by atoms with E-state index in [9.17, 15) is 5.11 Å². The first kappa shape index (κ1) is 12.6. The maximum Gasteiger partial charge on any atom is 0.116 e. The molecule has 1 nitrogen and oxygen atoms in total. The van der Waals surface area contributed by atoms with E-state index < -0.39 is 0 Å². The lowest BCUT2D eigenvalue weighted by Crippen LogP contribution is -1.78. The van der Waals surface area contributed by atoms with Crippen molar-refractivity contribution in [3.63, 3.8) is 0 Å². The molecule has 86 valence electrons. The van der Waals surface area contributed by atoms with E-state index in [0.717, 1.165) is 18.4 Å². The molecule has 0 amide bonds. The summed E-state index contributed by atoms with van der Waals surface area (Å²) < 4.78 is 0. The third-order valence-electron chi connectivity index (χ3n) is 2.37. The van der Waals surface area contributed by atoms with Crippen molar-refractivity contribution in [1.82, 2.24) is 0 Å². The lowest BCUT2D eigenvalue weighted by Gasteiger charge is -2.00. The molecule has 1 aromatic rings. The minimum Gasteiger partial charge on any atom is -0.508 e. The zero-order valence-corrected chi connectivity index (χ0v) is 10.3. The summed E-state index contributed by atoms with van der Waals surface area (Å²) >= 11 is 0. The Morgan fingerprint density at radius 2 is 2.00 bits per heavy atom. The van der Waals surface area contributed by atoms with Crippen molar-refractivity contribution in [1.29, 1.82) is 0 Å². The number of aromatic hydroxyl groups is 1. The molecule has 0 saturated heterocycles. The van der Waals surface area contributed by atoms with Crippen LogP contribution in [0.5, 0.6) is 5.75 Å². The van der Waals surface area contributed by atoms with Gasteiger partial charge in [0.2, 0.25) is 0 Å². The maximum atomic E-state index is 9.34. The molecule has 0 atom stereocenters. The van der Waals surface area contributed by atoms with E-state index in [2.05, 4.69) is 32.9 Å². The SMILES string of the molecule is CC(C)=CCC/C(C)=C\c1cccc(O)c1. The topological polar surface area (TPSA) is 20.2 Å². The van der Waals surface area contributed by atoms with Gasteiger partial charge >= 0.3 is 0 Å². The van der Waals surface area contributed by atoms with Crippen molar-refractivity contribution < 1.29 is 5.11 Å². The van der Waals surface area contributed by atoms with E-state index in [0.29, 0.717) is 5.75 Å². The summed E-state index contributed by atoms with van der Waals surface area (Å²) in [5.74, 6) is 0.325. The average Bonchev–Trinajstić information content (AvgIpc) is 2.16. The number of phenolic OH excluding ortho intramolecular Hbond substituents is 1. The second-order valence-corrected chi connectivity index (χ2v) is 4.41. The quantitative estimate of drug-likeness (QED) is 0.732. The number of benzene rings is 1. The Kier molecular flexibility index (Phi) is 4.84.